The van der Waals surface area contributed by atoms with E-state index in [-0.39, 0.29) is 0 Å². The molecular weight excluding hydrogens is 260 g/mol. The van der Waals surface area contributed by atoms with Crippen molar-refractivity contribution in [2.24, 2.45) is 5.92 Å². The van der Waals surface area contributed by atoms with Crippen molar-refractivity contribution in [1.82, 2.24) is 0 Å². The highest BCUT2D eigenvalue weighted by atomic mass is 28.5. The van der Waals surface area contributed by atoms with Crippen LogP contribution in [-0.4, -0.2) is 25.2 Å². The predicted octanol–water partition coefficient (Wildman–Crippen LogP) is 4.55. The topological polar surface area (TPSA) is 18.5 Å². The van der Waals surface area contributed by atoms with Gasteiger partial charge in [0, 0.05) is 6.04 Å². The van der Waals surface area contributed by atoms with E-state index >= 15 is 0 Å². The Bertz CT molecular complexity index is 213. The highest BCUT2D eigenvalue weighted by molar-refractivity contribution is 6.89. The molecule has 0 aliphatic rings. The van der Waals surface area contributed by atoms with Crippen molar-refractivity contribution in [2.45, 2.75) is 66.1 Å². The summed E-state index contributed by atoms with van der Waals surface area (Å²) < 4.78 is 12.8. The van der Waals surface area contributed by atoms with Crippen LogP contribution in [0.25, 0.3) is 0 Å². The Morgan fingerprint density at radius 2 is 1.18 bits per heavy atom. The van der Waals surface area contributed by atoms with Gasteiger partial charge < -0.3 is 8.23 Å². The van der Waals surface area contributed by atoms with Gasteiger partial charge in [-0.05, 0) is 58.2 Å². The SMILES string of the molecule is CC(C)C[CH][Si](C)(O[Si](C)(C)C)O[Si](C)(C)C. The Morgan fingerprint density at radius 1 is 0.824 bits per heavy atom. The molecule has 0 rings (SSSR count). The molecule has 0 saturated carbocycles. The summed E-state index contributed by atoms with van der Waals surface area (Å²) in [6.45, 7) is 20.2. The highest BCUT2D eigenvalue weighted by Gasteiger charge is 2.40. The zero-order valence-electron chi connectivity index (χ0n) is 13.2. The van der Waals surface area contributed by atoms with Crippen molar-refractivity contribution in [1.29, 1.82) is 0 Å². The van der Waals surface area contributed by atoms with E-state index in [1.807, 2.05) is 0 Å². The van der Waals surface area contributed by atoms with Gasteiger partial charge in [0.1, 0.15) is 0 Å². The lowest BCUT2D eigenvalue weighted by molar-refractivity contribution is 0.390. The van der Waals surface area contributed by atoms with Crippen molar-refractivity contribution in [3.8, 4) is 0 Å². The van der Waals surface area contributed by atoms with Crippen molar-refractivity contribution in [3.05, 3.63) is 6.04 Å². The van der Waals surface area contributed by atoms with Gasteiger partial charge >= 0.3 is 8.56 Å². The maximum absolute atomic E-state index is 6.39. The molecule has 2 nitrogen and oxygen atoms in total. The third-order valence-corrected chi connectivity index (χ3v) is 11.1. The van der Waals surface area contributed by atoms with E-state index in [0.29, 0.717) is 5.92 Å². The van der Waals surface area contributed by atoms with Gasteiger partial charge in [-0.1, -0.05) is 13.8 Å². The van der Waals surface area contributed by atoms with Gasteiger partial charge in [0.15, 0.2) is 16.6 Å². The van der Waals surface area contributed by atoms with Crippen LogP contribution in [0, 0.1) is 12.0 Å². The second kappa shape index (κ2) is 6.14. The third kappa shape index (κ3) is 10.2. The van der Waals surface area contributed by atoms with Crippen molar-refractivity contribution in [2.75, 3.05) is 0 Å². The molecule has 0 fully saturated rings. The second-order valence-electron chi connectivity index (χ2n) is 7.28. The van der Waals surface area contributed by atoms with Crippen molar-refractivity contribution in [3.63, 3.8) is 0 Å². The van der Waals surface area contributed by atoms with Crippen LogP contribution >= 0.6 is 0 Å². The molecule has 0 bridgehead atoms. The van der Waals surface area contributed by atoms with Crippen LogP contribution in [0.5, 0.6) is 0 Å². The van der Waals surface area contributed by atoms with Gasteiger partial charge in [-0.15, -0.1) is 0 Å². The van der Waals surface area contributed by atoms with E-state index in [1.54, 1.807) is 0 Å². The van der Waals surface area contributed by atoms with Gasteiger partial charge in [-0.2, -0.15) is 0 Å². The minimum absolute atomic E-state index is 0.678. The van der Waals surface area contributed by atoms with Crippen LogP contribution in [0.4, 0.5) is 0 Å². The van der Waals surface area contributed by atoms with Gasteiger partial charge in [0.25, 0.3) is 0 Å². The van der Waals surface area contributed by atoms with Crippen LogP contribution in [0.15, 0.2) is 0 Å². The molecule has 0 amide bonds. The summed E-state index contributed by atoms with van der Waals surface area (Å²) in [7, 11) is -5.16. The summed E-state index contributed by atoms with van der Waals surface area (Å²) in [6.07, 6.45) is 1.09. The Labute approximate surface area is 112 Å². The van der Waals surface area contributed by atoms with Crippen molar-refractivity contribution < 1.29 is 8.23 Å². The molecule has 1 radical (unpaired) electrons. The monoisotopic (exact) mass is 291 g/mol. The Hall–Kier alpha value is 0.571. The van der Waals surface area contributed by atoms with E-state index in [2.05, 4.69) is 65.7 Å². The highest BCUT2D eigenvalue weighted by Crippen LogP contribution is 2.25. The van der Waals surface area contributed by atoms with Gasteiger partial charge in [-0.3, -0.25) is 0 Å². The third-order valence-electron chi connectivity index (χ3n) is 1.98. The molecule has 0 atom stereocenters. The Kier molecular flexibility index (Phi) is 6.35. The van der Waals surface area contributed by atoms with Gasteiger partial charge in [0.2, 0.25) is 0 Å². The lowest BCUT2D eigenvalue weighted by Gasteiger charge is -2.38. The van der Waals surface area contributed by atoms with Crippen LogP contribution < -0.4 is 0 Å². The van der Waals surface area contributed by atoms with E-state index in [1.165, 1.54) is 0 Å². The molecule has 0 heterocycles. The van der Waals surface area contributed by atoms with Crippen LogP contribution in [0.1, 0.15) is 20.3 Å². The summed E-state index contributed by atoms with van der Waals surface area (Å²) in [4.78, 5) is 0. The first-order chi connectivity index (χ1) is 7.33. The number of rotatable bonds is 7. The summed E-state index contributed by atoms with van der Waals surface area (Å²) >= 11 is 0. The lowest BCUT2D eigenvalue weighted by atomic mass is 10.2. The molecular formula is C12H31O2Si3. The molecule has 17 heavy (non-hydrogen) atoms. The molecule has 0 aromatic rings. The van der Waals surface area contributed by atoms with E-state index in [4.69, 9.17) is 8.23 Å². The average molecular weight is 292 g/mol. The molecule has 5 heteroatoms. The summed E-state index contributed by atoms with van der Waals surface area (Å²) in [5, 5.41) is 0. The minimum atomic E-state index is -2.08. The minimum Gasteiger partial charge on any atom is -0.436 e. The van der Waals surface area contributed by atoms with Crippen LogP contribution in [-0.2, 0) is 8.23 Å². The summed E-state index contributed by atoms with van der Waals surface area (Å²) in [5.74, 6) is 0.678. The first kappa shape index (κ1) is 17.6. The second-order valence-corrected chi connectivity index (χ2v) is 19.8. The van der Waals surface area contributed by atoms with E-state index < -0.39 is 25.2 Å². The summed E-state index contributed by atoms with van der Waals surface area (Å²) in [5.41, 5.74) is 0. The predicted molar refractivity (Wildman–Crippen MR) is 84.2 cm³/mol. The fraction of sp³-hybridized carbons (Fsp3) is 0.917. The van der Waals surface area contributed by atoms with E-state index in [9.17, 15) is 0 Å². The fourth-order valence-corrected chi connectivity index (χ4v) is 13.6. The molecule has 0 saturated heterocycles. The molecule has 0 N–H and O–H groups in total. The number of hydrogen-bond acceptors (Lipinski definition) is 2. The standard InChI is InChI=1S/C12H31O2Si3/c1-12(2)10-11-17(9,13-15(3,4)5)14-16(6,7)8/h11-12H,10H2,1-9H3. The maximum Gasteiger partial charge on any atom is 0.317 e. The average Bonchev–Trinajstić information content (AvgIpc) is 1.93. The van der Waals surface area contributed by atoms with Crippen LogP contribution in [0.2, 0.25) is 45.8 Å². The Morgan fingerprint density at radius 3 is 1.41 bits per heavy atom. The van der Waals surface area contributed by atoms with Gasteiger partial charge in [-0.25, -0.2) is 0 Å². The molecule has 0 aromatic carbocycles. The van der Waals surface area contributed by atoms with E-state index in [0.717, 1.165) is 6.42 Å². The van der Waals surface area contributed by atoms with Crippen molar-refractivity contribution >= 4 is 25.2 Å². The first-order valence-corrected chi connectivity index (χ1v) is 15.8. The Balaban J connectivity index is 4.69. The maximum atomic E-state index is 6.39. The molecule has 0 aliphatic heterocycles. The quantitative estimate of drug-likeness (QED) is 0.641. The summed E-state index contributed by atoms with van der Waals surface area (Å²) in [6, 6.07) is 2.36. The molecule has 0 unspecified atom stereocenters. The molecule has 103 valence electrons. The normalized spacial score (nSPS) is 14.5. The van der Waals surface area contributed by atoms with Crippen LogP contribution in [0.3, 0.4) is 0 Å². The zero-order chi connectivity index (χ0) is 13.9. The first-order valence-electron chi connectivity index (χ1n) is 6.58. The molecule has 0 aliphatic carbocycles. The largest absolute Gasteiger partial charge is 0.436 e. The molecule has 0 aromatic heterocycles. The smallest absolute Gasteiger partial charge is 0.317 e. The fourth-order valence-electron chi connectivity index (χ4n) is 1.77. The molecule has 0 spiro atoms. The van der Waals surface area contributed by atoms with Gasteiger partial charge in [0.05, 0.1) is 0 Å². The number of hydrogen-bond donors (Lipinski definition) is 0. The lowest BCUT2D eigenvalue weighted by Crippen LogP contribution is -2.53. The zero-order valence-corrected chi connectivity index (χ0v) is 16.2.